The molecule has 2 aromatic rings. The van der Waals surface area contributed by atoms with Gasteiger partial charge in [-0.3, -0.25) is 0 Å². The van der Waals surface area contributed by atoms with Crippen LogP contribution >= 0.6 is 0 Å². The van der Waals surface area contributed by atoms with Crippen LogP contribution in [0.2, 0.25) is 0 Å². The molecule has 27 heavy (non-hydrogen) atoms. The number of ether oxygens (including phenoxy) is 1. The standard InChI is InChI=1S/C22H26N4O/c1-2-24-22(25-14-18-9-7-17(13-23)8-10-18)26-15-20-5-3-4-6-21(20)27-16-19-11-12-19/h3-10,19H,2,11-12,14-16H2,1H3,(H2,24,25,26). The maximum absolute atomic E-state index is 8.88. The van der Waals surface area contributed by atoms with Gasteiger partial charge in [-0.2, -0.15) is 5.26 Å². The van der Waals surface area contributed by atoms with E-state index >= 15 is 0 Å². The number of nitrogens with one attached hydrogen (secondary N) is 2. The van der Waals surface area contributed by atoms with Crippen molar-refractivity contribution in [2.45, 2.75) is 32.9 Å². The Kier molecular flexibility index (Phi) is 6.70. The number of para-hydroxylation sites is 1. The minimum absolute atomic E-state index is 0.556. The molecule has 5 nitrogen and oxygen atoms in total. The molecule has 2 aromatic carbocycles. The lowest BCUT2D eigenvalue weighted by Gasteiger charge is -2.14. The van der Waals surface area contributed by atoms with Gasteiger partial charge in [0.05, 0.1) is 24.8 Å². The van der Waals surface area contributed by atoms with E-state index < -0.39 is 0 Å². The van der Waals surface area contributed by atoms with Crippen LogP contribution in [-0.4, -0.2) is 19.1 Å². The van der Waals surface area contributed by atoms with E-state index in [2.05, 4.69) is 27.8 Å². The zero-order chi connectivity index (χ0) is 18.9. The third kappa shape index (κ3) is 6.03. The van der Waals surface area contributed by atoms with Crippen molar-refractivity contribution >= 4 is 5.96 Å². The zero-order valence-electron chi connectivity index (χ0n) is 15.7. The summed E-state index contributed by atoms with van der Waals surface area (Å²) >= 11 is 0. The molecule has 5 heteroatoms. The zero-order valence-corrected chi connectivity index (χ0v) is 15.7. The Labute approximate surface area is 161 Å². The summed E-state index contributed by atoms with van der Waals surface area (Å²) in [6.45, 7) is 4.86. The monoisotopic (exact) mass is 362 g/mol. The van der Waals surface area contributed by atoms with E-state index in [-0.39, 0.29) is 0 Å². The lowest BCUT2D eigenvalue weighted by molar-refractivity contribution is 0.296. The molecule has 140 valence electrons. The SMILES string of the molecule is CCNC(=NCc1ccc(C#N)cc1)NCc1ccccc1OCC1CC1. The van der Waals surface area contributed by atoms with Crippen LogP contribution in [0.1, 0.15) is 36.5 Å². The van der Waals surface area contributed by atoms with Crippen molar-refractivity contribution < 1.29 is 4.74 Å². The molecule has 0 heterocycles. The fourth-order valence-corrected chi connectivity index (χ4v) is 2.66. The van der Waals surface area contributed by atoms with E-state index in [9.17, 15) is 0 Å². The fourth-order valence-electron chi connectivity index (χ4n) is 2.66. The first-order chi connectivity index (χ1) is 13.3. The molecular weight excluding hydrogens is 336 g/mol. The summed E-state index contributed by atoms with van der Waals surface area (Å²) < 4.78 is 5.98. The highest BCUT2D eigenvalue weighted by molar-refractivity contribution is 5.79. The number of aliphatic imine (C=N–C) groups is 1. The molecule has 0 radical (unpaired) electrons. The molecule has 0 unspecified atom stereocenters. The molecule has 0 spiro atoms. The van der Waals surface area contributed by atoms with Gasteiger partial charge in [0.1, 0.15) is 5.75 Å². The molecule has 0 bridgehead atoms. The van der Waals surface area contributed by atoms with Crippen molar-refractivity contribution in [1.82, 2.24) is 10.6 Å². The van der Waals surface area contributed by atoms with Crippen LogP contribution in [0.15, 0.2) is 53.5 Å². The maximum Gasteiger partial charge on any atom is 0.191 e. The number of benzene rings is 2. The van der Waals surface area contributed by atoms with Gasteiger partial charge in [-0.25, -0.2) is 4.99 Å². The summed E-state index contributed by atoms with van der Waals surface area (Å²) in [5.74, 6) is 2.44. The Hall–Kier alpha value is -3.00. The first-order valence-electron chi connectivity index (χ1n) is 9.50. The first kappa shape index (κ1) is 18.8. The Morgan fingerprint density at radius 1 is 1.15 bits per heavy atom. The molecule has 2 N–H and O–H groups in total. The highest BCUT2D eigenvalue weighted by Gasteiger charge is 2.22. The van der Waals surface area contributed by atoms with Crippen LogP contribution in [0.3, 0.4) is 0 Å². The van der Waals surface area contributed by atoms with Crippen molar-refractivity contribution in [1.29, 1.82) is 5.26 Å². The lowest BCUT2D eigenvalue weighted by atomic mass is 10.1. The van der Waals surface area contributed by atoms with Gasteiger partial charge >= 0.3 is 0 Å². The number of nitriles is 1. The van der Waals surface area contributed by atoms with Crippen LogP contribution < -0.4 is 15.4 Å². The van der Waals surface area contributed by atoms with Crippen molar-refractivity contribution in [2.24, 2.45) is 10.9 Å². The predicted octanol–water partition coefficient (Wildman–Crippen LogP) is 3.60. The van der Waals surface area contributed by atoms with Gasteiger partial charge in [-0.05, 0) is 49.4 Å². The Balaban J connectivity index is 1.59. The summed E-state index contributed by atoms with van der Waals surface area (Å²) in [6, 6.07) is 17.8. The number of hydrogen-bond donors (Lipinski definition) is 2. The van der Waals surface area contributed by atoms with Crippen LogP contribution in [-0.2, 0) is 13.1 Å². The number of rotatable bonds is 8. The third-order valence-electron chi connectivity index (χ3n) is 4.44. The second-order valence-corrected chi connectivity index (χ2v) is 6.72. The number of hydrogen-bond acceptors (Lipinski definition) is 3. The quantitative estimate of drug-likeness (QED) is 0.556. The molecule has 1 aliphatic carbocycles. The molecule has 3 rings (SSSR count). The van der Waals surface area contributed by atoms with Crippen LogP contribution in [0, 0.1) is 17.2 Å². The van der Waals surface area contributed by atoms with Gasteiger partial charge in [0.25, 0.3) is 0 Å². The van der Waals surface area contributed by atoms with Crippen molar-refractivity contribution in [3.8, 4) is 11.8 Å². The second-order valence-electron chi connectivity index (χ2n) is 6.72. The molecule has 1 fully saturated rings. The summed E-state index contributed by atoms with van der Waals surface area (Å²) in [5, 5.41) is 15.5. The molecule has 0 atom stereocenters. The van der Waals surface area contributed by atoms with Gasteiger partial charge in [-0.1, -0.05) is 30.3 Å². The smallest absolute Gasteiger partial charge is 0.191 e. The Morgan fingerprint density at radius 2 is 1.93 bits per heavy atom. The topological polar surface area (TPSA) is 69.4 Å². The summed E-state index contributed by atoms with van der Waals surface area (Å²) in [7, 11) is 0. The molecule has 0 amide bonds. The van der Waals surface area contributed by atoms with Gasteiger partial charge in [-0.15, -0.1) is 0 Å². The third-order valence-corrected chi connectivity index (χ3v) is 4.44. The molecule has 0 aliphatic heterocycles. The average molecular weight is 362 g/mol. The van der Waals surface area contributed by atoms with E-state index in [0.717, 1.165) is 41.9 Å². The second kappa shape index (κ2) is 9.63. The first-order valence-corrected chi connectivity index (χ1v) is 9.50. The van der Waals surface area contributed by atoms with Crippen molar-refractivity contribution in [3.63, 3.8) is 0 Å². The van der Waals surface area contributed by atoms with Gasteiger partial charge in [0.2, 0.25) is 0 Å². The van der Waals surface area contributed by atoms with E-state index in [1.165, 1.54) is 12.8 Å². The van der Waals surface area contributed by atoms with Crippen LogP contribution in [0.5, 0.6) is 5.75 Å². The largest absolute Gasteiger partial charge is 0.493 e. The average Bonchev–Trinajstić information content (AvgIpc) is 3.54. The van der Waals surface area contributed by atoms with E-state index in [1.807, 2.05) is 49.4 Å². The van der Waals surface area contributed by atoms with Crippen LogP contribution in [0.25, 0.3) is 0 Å². The summed E-state index contributed by atoms with van der Waals surface area (Å²) in [5.41, 5.74) is 2.86. The minimum atomic E-state index is 0.556. The molecule has 0 aromatic heterocycles. The Bertz CT molecular complexity index is 804. The molecular formula is C22H26N4O. The predicted molar refractivity (Wildman–Crippen MR) is 107 cm³/mol. The maximum atomic E-state index is 8.88. The van der Waals surface area contributed by atoms with Gasteiger partial charge in [0, 0.05) is 18.7 Å². The van der Waals surface area contributed by atoms with E-state index in [1.54, 1.807) is 0 Å². The molecule has 0 saturated heterocycles. The lowest BCUT2D eigenvalue weighted by Crippen LogP contribution is -2.36. The molecule has 1 aliphatic rings. The van der Waals surface area contributed by atoms with E-state index in [0.29, 0.717) is 18.7 Å². The minimum Gasteiger partial charge on any atom is -0.493 e. The highest BCUT2D eigenvalue weighted by Crippen LogP contribution is 2.30. The summed E-state index contributed by atoms with van der Waals surface area (Å²) in [4.78, 5) is 4.64. The van der Waals surface area contributed by atoms with Gasteiger partial charge < -0.3 is 15.4 Å². The van der Waals surface area contributed by atoms with Crippen LogP contribution in [0.4, 0.5) is 0 Å². The van der Waals surface area contributed by atoms with Crippen molar-refractivity contribution in [2.75, 3.05) is 13.2 Å². The fraction of sp³-hybridized carbons (Fsp3) is 0.364. The summed E-state index contributed by atoms with van der Waals surface area (Å²) in [6.07, 6.45) is 2.57. The highest BCUT2D eigenvalue weighted by atomic mass is 16.5. The van der Waals surface area contributed by atoms with Gasteiger partial charge in [0.15, 0.2) is 5.96 Å². The Morgan fingerprint density at radius 3 is 2.63 bits per heavy atom. The number of guanidine groups is 1. The van der Waals surface area contributed by atoms with E-state index in [4.69, 9.17) is 10.00 Å². The van der Waals surface area contributed by atoms with Crippen molar-refractivity contribution in [3.05, 3.63) is 65.2 Å². The molecule has 1 saturated carbocycles. The number of nitrogens with zero attached hydrogens (tertiary/aromatic N) is 2. The normalized spacial score (nSPS) is 13.7.